The molecule has 0 fully saturated rings. The van der Waals surface area contributed by atoms with Crippen molar-refractivity contribution in [1.29, 1.82) is 0 Å². The van der Waals surface area contributed by atoms with Gasteiger partial charge in [0.25, 0.3) is 0 Å². The number of hydrogen-bond donors (Lipinski definition) is 0. The number of benzene rings is 2. The summed E-state index contributed by atoms with van der Waals surface area (Å²) in [4.78, 5) is 23.3. The zero-order chi connectivity index (χ0) is 16.8. The Hall–Kier alpha value is -2.34. The van der Waals surface area contributed by atoms with Crippen LogP contribution >= 0.6 is 15.9 Å². The second-order valence-electron chi connectivity index (χ2n) is 4.50. The highest BCUT2D eigenvalue weighted by Gasteiger charge is 2.17. The third kappa shape index (κ3) is 4.10. The molecule has 2 aromatic rings. The van der Waals surface area contributed by atoms with Gasteiger partial charge in [-0.25, -0.2) is 4.79 Å². The first kappa shape index (κ1) is 17.0. The Morgan fingerprint density at radius 1 is 1.26 bits per heavy atom. The molecule has 5 nitrogen and oxygen atoms in total. The molecule has 120 valence electrons. The SMILES string of the molecule is CCOc1cc(C=O)cc(Br)c1OC(=O)c1cccc(OC)c1. The molecule has 2 rings (SSSR count). The van der Waals surface area contributed by atoms with E-state index in [1.807, 2.05) is 0 Å². The molecule has 0 heterocycles. The van der Waals surface area contributed by atoms with Crippen LogP contribution in [0.2, 0.25) is 0 Å². The molecule has 0 aromatic heterocycles. The van der Waals surface area contributed by atoms with Crippen molar-refractivity contribution >= 4 is 28.2 Å². The summed E-state index contributed by atoms with van der Waals surface area (Å²) in [6.45, 7) is 2.17. The highest BCUT2D eigenvalue weighted by atomic mass is 79.9. The van der Waals surface area contributed by atoms with Crippen molar-refractivity contribution in [3.63, 3.8) is 0 Å². The Kier molecular flexibility index (Phi) is 5.76. The zero-order valence-corrected chi connectivity index (χ0v) is 14.3. The van der Waals surface area contributed by atoms with Crippen molar-refractivity contribution in [1.82, 2.24) is 0 Å². The second-order valence-corrected chi connectivity index (χ2v) is 5.36. The molecule has 0 aliphatic heterocycles. The molecule has 6 heteroatoms. The number of methoxy groups -OCH3 is 1. The summed E-state index contributed by atoms with van der Waals surface area (Å²) in [5, 5.41) is 0. The van der Waals surface area contributed by atoms with Crippen LogP contribution in [0.1, 0.15) is 27.6 Å². The summed E-state index contributed by atoms with van der Waals surface area (Å²) < 4.78 is 16.4. The van der Waals surface area contributed by atoms with Crippen molar-refractivity contribution < 1.29 is 23.8 Å². The lowest BCUT2D eigenvalue weighted by molar-refractivity contribution is 0.0726. The minimum atomic E-state index is -0.551. The molecule has 0 atom stereocenters. The van der Waals surface area contributed by atoms with E-state index in [-0.39, 0.29) is 5.75 Å². The lowest BCUT2D eigenvalue weighted by Crippen LogP contribution is -2.10. The maximum absolute atomic E-state index is 12.3. The number of hydrogen-bond acceptors (Lipinski definition) is 5. The van der Waals surface area contributed by atoms with E-state index in [2.05, 4.69) is 15.9 Å². The Labute approximate surface area is 142 Å². The van der Waals surface area contributed by atoms with Gasteiger partial charge in [-0.1, -0.05) is 6.07 Å². The lowest BCUT2D eigenvalue weighted by Gasteiger charge is -2.13. The van der Waals surface area contributed by atoms with Crippen molar-refractivity contribution in [2.24, 2.45) is 0 Å². The Bertz CT molecular complexity index is 727. The van der Waals surface area contributed by atoms with Gasteiger partial charge in [-0.05, 0) is 53.2 Å². The van der Waals surface area contributed by atoms with E-state index in [0.717, 1.165) is 0 Å². The van der Waals surface area contributed by atoms with Gasteiger partial charge in [0.05, 0.1) is 23.8 Å². The lowest BCUT2D eigenvalue weighted by atomic mass is 10.2. The normalized spacial score (nSPS) is 10.0. The molecule has 23 heavy (non-hydrogen) atoms. The average Bonchev–Trinajstić information content (AvgIpc) is 2.57. The number of rotatable bonds is 6. The van der Waals surface area contributed by atoms with E-state index in [0.29, 0.717) is 40.0 Å². The van der Waals surface area contributed by atoms with Gasteiger partial charge in [0.1, 0.15) is 12.0 Å². The van der Waals surface area contributed by atoms with Gasteiger partial charge in [0.15, 0.2) is 11.5 Å². The fourth-order valence-electron chi connectivity index (χ4n) is 1.92. The maximum Gasteiger partial charge on any atom is 0.343 e. The van der Waals surface area contributed by atoms with Crippen molar-refractivity contribution in [2.75, 3.05) is 13.7 Å². The molecule has 0 radical (unpaired) electrons. The van der Waals surface area contributed by atoms with Crippen LogP contribution in [-0.2, 0) is 0 Å². The average molecular weight is 379 g/mol. The third-order valence-electron chi connectivity index (χ3n) is 2.97. The van der Waals surface area contributed by atoms with Crippen molar-refractivity contribution in [3.8, 4) is 17.2 Å². The third-order valence-corrected chi connectivity index (χ3v) is 3.56. The second kappa shape index (κ2) is 7.78. The van der Waals surface area contributed by atoms with Gasteiger partial charge in [-0.15, -0.1) is 0 Å². The zero-order valence-electron chi connectivity index (χ0n) is 12.7. The van der Waals surface area contributed by atoms with Gasteiger partial charge in [-0.3, -0.25) is 4.79 Å². The number of aldehydes is 1. The van der Waals surface area contributed by atoms with Gasteiger partial charge in [0, 0.05) is 5.56 Å². The molecule has 0 saturated heterocycles. The van der Waals surface area contributed by atoms with Crippen LogP contribution in [0.5, 0.6) is 17.2 Å². The molecule has 2 aromatic carbocycles. The first-order valence-electron chi connectivity index (χ1n) is 6.86. The van der Waals surface area contributed by atoms with Crippen LogP contribution in [0.25, 0.3) is 0 Å². The molecule has 0 unspecified atom stereocenters. The van der Waals surface area contributed by atoms with E-state index >= 15 is 0 Å². The largest absolute Gasteiger partial charge is 0.497 e. The quantitative estimate of drug-likeness (QED) is 0.433. The number of esters is 1. The predicted octanol–water partition coefficient (Wildman–Crippen LogP) is 3.89. The molecule has 0 N–H and O–H groups in total. The van der Waals surface area contributed by atoms with Crippen LogP contribution in [0.3, 0.4) is 0 Å². The highest BCUT2D eigenvalue weighted by molar-refractivity contribution is 9.10. The topological polar surface area (TPSA) is 61.8 Å². The standard InChI is InChI=1S/C17H15BrO5/c1-3-22-15-8-11(10-19)7-14(18)16(15)23-17(20)12-5-4-6-13(9-12)21-2/h4-10H,3H2,1-2H3. The monoisotopic (exact) mass is 378 g/mol. The first-order valence-corrected chi connectivity index (χ1v) is 7.66. The Morgan fingerprint density at radius 3 is 2.70 bits per heavy atom. The van der Waals surface area contributed by atoms with E-state index in [1.54, 1.807) is 37.3 Å². The predicted molar refractivity (Wildman–Crippen MR) is 88.7 cm³/mol. The van der Waals surface area contributed by atoms with E-state index < -0.39 is 5.97 Å². The summed E-state index contributed by atoms with van der Waals surface area (Å²) in [5.41, 5.74) is 0.764. The highest BCUT2D eigenvalue weighted by Crippen LogP contribution is 2.37. The summed E-state index contributed by atoms with van der Waals surface area (Å²) in [5.74, 6) is 0.551. The maximum atomic E-state index is 12.3. The molecular formula is C17H15BrO5. The van der Waals surface area contributed by atoms with Crippen LogP contribution in [0, 0.1) is 0 Å². The fourth-order valence-corrected chi connectivity index (χ4v) is 2.46. The molecule has 0 aliphatic carbocycles. The summed E-state index contributed by atoms with van der Waals surface area (Å²) in [7, 11) is 1.52. The number of ether oxygens (including phenoxy) is 3. The van der Waals surface area contributed by atoms with E-state index in [9.17, 15) is 9.59 Å². The van der Waals surface area contributed by atoms with Crippen LogP contribution in [-0.4, -0.2) is 26.0 Å². The summed E-state index contributed by atoms with van der Waals surface area (Å²) >= 11 is 3.30. The molecule has 0 amide bonds. The van der Waals surface area contributed by atoms with Gasteiger partial charge in [-0.2, -0.15) is 0 Å². The summed E-state index contributed by atoms with van der Waals surface area (Å²) in [6.07, 6.45) is 0.695. The minimum absolute atomic E-state index is 0.227. The van der Waals surface area contributed by atoms with Gasteiger partial charge in [0.2, 0.25) is 0 Å². The van der Waals surface area contributed by atoms with Crippen molar-refractivity contribution in [2.45, 2.75) is 6.92 Å². The van der Waals surface area contributed by atoms with Crippen LogP contribution in [0.4, 0.5) is 0 Å². The molecular weight excluding hydrogens is 364 g/mol. The van der Waals surface area contributed by atoms with Gasteiger partial charge >= 0.3 is 5.97 Å². The summed E-state index contributed by atoms with van der Waals surface area (Å²) in [6, 6.07) is 9.72. The number of halogens is 1. The fraction of sp³-hybridized carbons (Fsp3) is 0.176. The molecule has 0 spiro atoms. The molecule has 0 aliphatic rings. The van der Waals surface area contributed by atoms with Crippen LogP contribution < -0.4 is 14.2 Å². The smallest absolute Gasteiger partial charge is 0.343 e. The van der Waals surface area contributed by atoms with Crippen LogP contribution in [0.15, 0.2) is 40.9 Å². The number of carbonyl (C=O) groups is 2. The van der Waals surface area contributed by atoms with E-state index in [1.165, 1.54) is 13.2 Å². The number of carbonyl (C=O) groups excluding carboxylic acids is 2. The minimum Gasteiger partial charge on any atom is -0.497 e. The Balaban J connectivity index is 2.34. The van der Waals surface area contributed by atoms with Crippen molar-refractivity contribution in [3.05, 3.63) is 52.0 Å². The van der Waals surface area contributed by atoms with Gasteiger partial charge < -0.3 is 14.2 Å². The Morgan fingerprint density at radius 2 is 2.04 bits per heavy atom. The molecule has 0 saturated carbocycles. The molecule has 0 bridgehead atoms. The first-order chi connectivity index (χ1) is 11.1. The van der Waals surface area contributed by atoms with E-state index in [4.69, 9.17) is 14.2 Å².